The number of rotatable bonds is 5. The van der Waals surface area contributed by atoms with Crippen molar-refractivity contribution in [1.82, 2.24) is 4.90 Å². The van der Waals surface area contributed by atoms with Crippen LogP contribution in [-0.4, -0.2) is 62.9 Å². The first-order chi connectivity index (χ1) is 10.4. The lowest BCUT2D eigenvalue weighted by molar-refractivity contribution is -0.144. The van der Waals surface area contributed by atoms with Gasteiger partial charge in [-0.1, -0.05) is 30.3 Å². The maximum Gasteiger partial charge on any atom is 0.252 e. The van der Waals surface area contributed by atoms with Gasteiger partial charge in [0.05, 0.1) is 12.6 Å². The summed E-state index contributed by atoms with van der Waals surface area (Å²) in [4.78, 5) is 24.4. The number of nitrogens with zero attached hydrogens (tertiary/aromatic N) is 1. The molecule has 1 fully saturated rings. The largest absolute Gasteiger partial charge is 0.388 e. The lowest BCUT2D eigenvalue weighted by Crippen LogP contribution is -2.51. The molecule has 22 heavy (non-hydrogen) atoms. The summed E-state index contributed by atoms with van der Waals surface area (Å²) in [6, 6.07) is 7.91. The Bertz CT molecular complexity index is 536. The smallest absolute Gasteiger partial charge is 0.252 e. The minimum Gasteiger partial charge on any atom is -0.388 e. The van der Waals surface area contributed by atoms with Crippen molar-refractivity contribution < 1.29 is 24.9 Å². The van der Waals surface area contributed by atoms with E-state index in [1.165, 1.54) is 6.42 Å². The van der Waals surface area contributed by atoms with Crippen LogP contribution >= 0.6 is 0 Å². The van der Waals surface area contributed by atoms with Crippen LogP contribution in [0.25, 0.3) is 0 Å². The van der Waals surface area contributed by atoms with E-state index in [0.717, 1.165) is 10.5 Å². The summed E-state index contributed by atoms with van der Waals surface area (Å²) in [6.45, 7) is -0.246. The minimum absolute atomic E-state index is 0.246. The molecule has 1 unspecified atom stereocenters. The van der Waals surface area contributed by atoms with Crippen LogP contribution in [0.1, 0.15) is 5.56 Å². The predicted molar refractivity (Wildman–Crippen MR) is 77.2 cm³/mol. The van der Waals surface area contributed by atoms with Crippen LogP contribution in [0.2, 0.25) is 0 Å². The molecule has 1 heterocycles. The van der Waals surface area contributed by atoms with Gasteiger partial charge in [-0.05, 0) is 12.0 Å². The molecule has 2 amide bonds. The molecule has 1 saturated heterocycles. The van der Waals surface area contributed by atoms with Crippen molar-refractivity contribution in [2.45, 2.75) is 30.8 Å². The number of aliphatic hydroxyl groups excluding tert-OH is 3. The van der Waals surface area contributed by atoms with Gasteiger partial charge in [-0.3, -0.25) is 9.59 Å². The van der Waals surface area contributed by atoms with Gasteiger partial charge in [0.15, 0.2) is 0 Å². The SMILES string of the molecule is NC(=O)C1[C@@H](O)[C@@H](O)CN1C(=O)[C@H](O)[CH]Cc1ccccc1. The molecule has 0 saturated carbocycles. The Labute approximate surface area is 128 Å². The Morgan fingerprint density at radius 3 is 2.55 bits per heavy atom. The van der Waals surface area contributed by atoms with Gasteiger partial charge in [0.2, 0.25) is 5.91 Å². The molecule has 5 N–H and O–H groups in total. The quantitative estimate of drug-likeness (QED) is 0.511. The fourth-order valence-corrected chi connectivity index (χ4v) is 2.50. The van der Waals surface area contributed by atoms with Crippen LogP contribution in [0.5, 0.6) is 0 Å². The van der Waals surface area contributed by atoms with Gasteiger partial charge >= 0.3 is 0 Å². The third-order valence-electron chi connectivity index (χ3n) is 3.68. The van der Waals surface area contributed by atoms with Crippen molar-refractivity contribution in [1.29, 1.82) is 0 Å². The van der Waals surface area contributed by atoms with Gasteiger partial charge in [-0.2, -0.15) is 0 Å². The highest BCUT2D eigenvalue weighted by Gasteiger charge is 2.46. The standard InChI is InChI=1S/C15H19N2O5/c16-14(21)12-13(20)11(19)8-17(12)15(22)10(18)7-6-9-4-2-1-3-5-9/h1-5,7,10-13,18-20H,6,8H2,(H2,16,21)/t10-,11+,12?,13+/m1/s1. The normalized spacial score (nSPS) is 26.0. The molecular formula is C15H19N2O5. The Morgan fingerprint density at radius 1 is 1.32 bits per heavy atom. The number of benzene rings is 1. The Hall–Kier alpha value is -1.96. The molecule has 1 aromatic carbocycles. The third kappa shape index (κ3) is 3.44. The number of amides is 2. The summed E-state index contributed by atoms with van der Waals surface area (Å²) < 4.78 is 0. The molecule has 0 spiro atoms. The van der Waals surface area contributed by atoms with E-state index in [4.69, 9.17) is 5.73 Å². The predicted octanol–water partition coefficient (Wildman–Crippen LogP) is -1.79. The number of carbonyl (C=O) groups excluding carboxylic acids is 2. The molecular weight excluding hydrogens is 288 g/mol. The summed E-state index contributed by atoms with van der Waals surface area (Å²) in [5.41, 5.74) is 6.07. The van der Waals surface area contributed by atoms with E-state index >= 15 is 0 Å². The lowest BCUT2D eigenvalue weighted by Gasteiger charge is -2.25. The first-order valence-electron chi connectivity index (χ1n) is 6.93. The van der Waals surface area contributed by atoms with Gasteiger partial charge in [0.25, 0.3) is 5.91 Å². The van der Waals surface area contributed by atoms with Crippen molar-refractivity contribution in [3.05, 3.63) is 42.3 Å². The van der Waals surface area contributed by atoms with E-state index in [1.54, 1.807) is 0 Å². The highest BCUT2D eigenvalue weighted by Crippen LogP contribution is 2.20. The first kappa shape index (κ1) is 16.4. The molecule has 0 bridgehead atoms. The first-order valence-corrected chi connectivity index (χ1v) is 6.93. The number of primary amides is 1. The molecule has 1 aliphatic heterocycles. The molecule has 0 aliphatic carbocycles. The monoisotopic (exact) mass is 307 g/mol. The average Bonchev–Trinajstić information content (AvgIpc) is 2.80. The molecule has 7 nitrogen and oxygen atoms in total. The van der Waals surface area contributed by atoms with Crippen molar-refractivity contribution in [2.75, 3.05) is 6.54 Å². The Kier molecular flexibility index (Phi) is 5.12. The van der Waals surface area contributed by atoms with Crippen LogP contribution in [0, 0.1) is 6.42 Å². The second kappa shape index (κ2) is 6.87. The zero-order chi connectivity index (χ0) is 16.3. The van der Waals surface area contributed by atoms with Crippen molar-refractivity contribution in [3.8, 4) is 0 Å². The maximum atomic E-state index is 12.2. The number of carbonyl (C=O) groups is 2. The number of aliphatic hydroxyl groups is 3. The van der Waals surface area contributed by atoms with Crippen molar-refractivity contribution >= 4 is 11.8 Å². The van der Waals surface area contributed by atoms with Gasteiger partial charge in [0.1, 0.15) is 18.2 Å². The van der Waals surface area contributed by atoms with Crippen LogP contribution in [0.4, 0.5) is 0 Å². The van der Waals surface area contributed by atoms with Crippen molar-refractivity contribution in [3.63, 3.8) is 0 Å². The lowest BCUT2D eigenvalue weighted by atomic mass is 10.1. The van der Waals surface area contributed by atoms with Gasteiger partial charge in [-0.25, -0.2) is 0 Å². The highest BCUT2D eigenvalue weighted by atomic mass is 16.3. The fraction of sp³-hybridized carbons (Fsp3) is 0.400. The van der Waals surface area contributed by atoms with Crippen molar-refractivity contribution in [2.24, 2.45) is 5.73 Å². The van der Waals surface area contributed by atoms with Crippen LogP contribution in [-0.2, 0) is 16.0 Å². The molecule has 119 valence electrons. The van der Waals surface area contributed by atoms with Gasteiger partial charge in [-0.15, -0.1) is 0 Å². The number of nitrogens with two attached hydrogens (primary N) is 1. The Morgan fingerprint density at radius 2 is 1.95 bits per heavy atom. The van der Waals surface area contributed by atoms with E-state index in [0.29, 0.717) is 6.42 Å². The highest BCUT2D eigenvalue weighted by molar-refractivity contribution is 5.90. The second-order valence-corrected chi connectivity index (χ2v) is 5.27. The zero-order valence-corrected chi connectivity index (χ0v) is 11.9. The van der Waals surface area contributed by atoms with E-state index in [1.807, 2.05) is 30.3 Å². The molecule has 1 aliphatic rings. The molecule has 7 heteroatoms. The number of likely N-dealkylation sites (tertiary alicyclic amines) is 1. The van der Waals surface area contributed by atoms with E-state index in [2.05, 4.69) is 0 Å². The number of hydrogen-bond donors (Lipinski definition) is 4. The zero-order valence-electron chi connectivity index (χ0n) is 11.9. The summed E-state index contributed by atoms with van der Waals surface area (Å²) in [5.74, 6) is -1.69. The summed E-state index contributed by atoms with van der Waals surface area (Å²) in [5, 5.41) is 29.2. The number of hydrogen-bond acceptors (Lipinski definition) is 5. The molecule has 1 aromatic rings. The summed E-state index contributed by atoms with van der Waals surface area (Å²) >= 11 is 0. The second-order valence-electron chi connectivity index (χ2n) is 5.27. The van der Waals surface area contributed by atoms with Crippen LogP contribution < -0.4 is 5.73 Å². The van der Waals surface area contributed by atoms with Gasteiger partial charge in [0, 0.05) is 6.42 Å². The average molecular weight is 307 g/mol. The molecule has 4 atom stereocenters. The maximum absolute atomic E-state index is 12.2. The van der Waals surface area contributed by atoms with E-state index in [9.17, 15) is 24.9 Å². The summed E-state index contributed by atoms with van der Waals surface area (Å²) in [7, 11) is 0. The van der Waals surface area contributed by atoms with Crippen LogP contribution in [0.15, 0.2) is 30.3 Å². The number of β-amino-alcohol motifs (C(OH)–C–C–N with tert-alkyl or cyclic N) is 1. The molecule has 2 rings (SSSR count). The Balaban J connectivity index is 1.99. The van der Waals surface area contributed by atoms with Crippen LogP contribution in [0.3, 0.4) is 0 Å². The molecule has 1 radical (unpaired) electrons. The van der Waals surface area contributed by atoms with E-state index in [-0.39, 0.29) is 6.54 Å². The molecule has 0 aromatic heterocycles. The van der Waals surface area contributed by atoms with Gasteiger partial charge < -0.3 is 26.0 Å². The third-order valence-corrected chi connectivity index (χ3v) is 3.68. The van der Waals surface area contributed by atoms with E-state index < -0.39 is 36.2 Å². The fourth-order valence-electron chi connectivity index (χ4n) is 2.50. The summed E-state index contributed by atoms with van der Waals surface area (Å²) in [6.07, 6.45) is -2.38. The topological polar surface area (TPSA) is 124 Å². The minimum atomic E-state index is -1.44.